The number of fused-ring (bicyclic) bond motifs is 1. The van der Waals surface area contributed by atoms with E-state index in [4.69, 9.17) is 4.99 Å². The van der Waals surface area contributed by atoms with Gasteiger partial charge in [-0.25, -0.2) is 0 Å². The van der Waals surface area contributed by atoms with E-state index >= 15 is 0 Å². The predicted octanol–water partition coefficient (Wildman–Crippen LogP) is 5.03. The molecule has 0 spiro atoms. The van der Waals surface area contributed by atoms with Crippen LogP contribution >= 0.6 is 0 Å². The van der Waals surface area contributed by atoms with Gasteiger partial charge in [0.25, 0.3) is 0 Å². The summed E-state index contributed by atoms with van der Waals surface area (Å²) in [7, 11) is 0. The maximum atomic E-state index is 4.94. The van der Waals surface area contributed by atoms with Crippen molar-refractivity contribution in [2.24, 2.45) is 15.9 Å². The highest BCUT2D eigenvalue weighted by Gasteiger charge is 2.25. The molecule has 0 aromatic rings. The molecule has 2 aliphatic rings. The Kier molecular flexibility index (Phi) is 5.91. The number of hydrogen-bond acceptors (Lipinski definition) is 2. The van der Waals surface area contributed by atoms with Gasteiger partial charge in [0.15, 0.2) is 0 Å². The molecule has 0 radical (unpaired) electrons. The molecule has 1 unspecified atom stereocenters. The van der Waals surface area contributed by atoms with E-state index in [2.05, 4.69) is 49.4 Å². The summed E-state index contributed by atoms with van der Waals surface area (Å²) in [6.07, 6.45) is 14.3. The van der Waals surface area contributed by atoms with Gasteiger partial charge in [-0.3, -0.25) is 9.98 Å². The van der Waals surface area contributed by atoms with E-state index in [9.17, 15) is 0 Å². The zero-order valence-electron chi connectivity index (χ0n) is 14.7. The van der Waals surface area contributed by atoms with E-state index in [1.54, 1.807) is 0 Å². The summed E-state index contributed by atoms with van der Waals surface area (Å²) in [4.78, 5) is 11.4. The minimum absolute atomic E-state index is 0.432. The number of rotatable bonds is 4. The molecule has 0 saturated heterocycles. The van der Waals surface area contributed by atoms with Crippen LogP contribution in [0.25, 0.3) is 0 Å². The van der Waals surface area contributed by atoms with Gasteiger partial charge in [0, 0.05) is 18.3 Å². The van der Waals surface area contributed by atoms with Crippen LogP contribution in [0.15, 0.2) is 69.6 Å². The van der Waals surface area contributed by atoms with Crippen molar-refractivity contribution in [3.05, 3.63) is 59.6 Å². The van der Waals surface area contributed by atoms with Crippen molar-refractivity contribution in [2.75, 3.05) is 6.54 Å². The van der Waals surface area contributed by atoms with E-state index in [-0.39, 0.29) is 0 Å². The third-order valence-corrected chi connectivity index (χ3v) is 4.21. The summed E-state index contributed by atoms with van der Waals surface area (Å²) in [6.45, 7) is 13.1. The van der Waals surface area contributed by atoms with Crippen LogP contribution in [-0.4, -0.2) is 23.5 Å². The Hall–Kier alpha value is -2.16. The first-order chi connectivity index (χ1) is 11.0. The monoisotopic (exact) mass is 309 g/mol. The summed E-state index contributed by atoms with van der Waals surface area (Å²) in [5.41, 5.74) is 4.81. The molecule has 0 saturated carbocycles. The average molecular weight is 309 g/mol. The molecule has 3 heteroatoms. The second-order valence-electron chi connectivity index (χ2n) is 6.27. The molecule has 0 bridgehead atoms. The fourth-order valence-electron chi connectivity index (χ4n) is 2.70. The van der Waals surface area contributed by atoms with Gasteiger partial charge in [-0.1, -0.05) is 37.3 Å². The van der Waals surface area contributed by atoms with E-state index in [0.29, 0.717) is 12.5 Å². The van der Waals surface area contributed by atoms with Crippen LogP contribution in [0.3, 0.4) is 0 Å². The van der Waals surface area contributed by atoms with Gasteiger partial charge in [-0.05, 0) is 44.8 Å². The van der Waals surface area contributed by atoms with Gasteiger partial charge in [0.1, 0.15) is 5.84 Å². The molecular weight excluding hydrogens is 282 g/mol. The second kappa shape index (κ2) is 7.91. The smallest absolute Gasteiger partial charge is 0.111 e. The molecule has 2 rings (SSSR count). The lowest BCUT2D eigenvalue weighted by atomic mass is 10.0. The van der Waals surface area contributed by atoms with E-state index in [0.717, 1.165) is 24.3 Å². The number of amidine groups is 1. The minimum Gasteiger partial charge on any atom is -0.302 e. The lowest BCUT2D eigenvalue weighted by Gasteiger charge is -2.27. The number of nitrogens with zero attached hydrogens (tertiary/aromatic N) is 3. The molecule has 0 fully saturated rings. The molecule has 2 aliphatic heterocycles. The van der Waals surface area contributed by atoms with Crippen LogP contribution < -0.4 is 0 Å². The summed E-state index contributed by atoms with van der Waals surface area (Å²) in [5.74, 6) is 1.56. The fraction of sp³-hybridized carbons (Fsp3) is 0.400. The van der Waals surface area contributed by atoms with Gasteiger partial charge in [0.05, 0.1) is 18.5 Å². The van der Waals surface area contributed by atoms with E-state index in [1.807, 2.05) is 31.6 Å². The first-order valence-corrected chi connectivity index (χ1v) is 8.25. The van der Waals surface area contributed by atoms with Crippen molar-refractivity contribution in [3.63, 3.8) is 0 Å². The molecule has 0 amide bonds. The quantitative estimate of drug-likeness (QED) is 0.670. The lowest BCUT2D eigenvalue weighted by Crippen LogP contribution is -2.31. The highest BCUT2D eigenvalue weighted by molar-refractivity contribution is 5.95. The predicted molar refractivity (Wildman–Crippen MR) is 101 cm³/mol. The summed E-state index contributed by atoms with van der Waals surface area (Å²) >= 11 is 0. The SMILES string of the molecule is C=C(C)C=CC(=CC)CN=C1C(C)CCC(C)=C2C=NC=CN12. The van der Waals surface area contributed by atoms with E-state index < -0.39 is 0 Å². The van der Waals surface area contributed by atoms with Gasteiger partial charge in [-0.15, -0.1) is 0 Å². The van der Waals surface area contributed by atoms with Gasteiger partial charge < -0.3 is 4.90 Å². The molecule has 0 aromatic heterocycles. The topological polar surface area (TPSA) is 28.0 Å². The Balaban J connectivity index is 2.26. The van der Waals surface area contributed by atoms with E-state index in [1.165, 1.54) is 16.8 Å². The Morgan fingerprint density at radius 3 is 2.96 bits per heavy atom. The van der Waals surface area contributed by atoms with Gasteiger partial charge >= 0.3 is 0 Å². The van der Waals surface area contributed by atoms with Crippen molar-refractivity contribution in [3.8, 4) is 0 Å². The zero-order chi connectivity index (χ0) is 16.8. The maximum absolute atomic E-state index is 4.94. The number of hydrogen-bond donors (Lipinski definition) is 0. The third kappa shape index (κ3) is 4.41. The maximum Gasteiger partial charge on any atom is 0.111 e. The Morgan fingerprint density at radius 2 is 2.26 bits per heavy atom. The molecule has 0 aliphatic carbocycles. The highest BCUT2D eigenvalue weighted by atomic mass is 15.2. The second-order valence-corrected chi connectivity index (χ2v) is 6.27. The zero-order valence-corrected chi connectivity index (χ0v) is 14.7. The third-order valence-electron chi connectivity index (χ3n) is 4.21. The molecule has 2 heterocycles. The Bertz CT molecular complexity index is 642. The highest BCUT2D eigenvalue weighted by Crippen LogP contribution is 2.27. The van der Waals surface area contributed by atoms with Crippen LogP contribution in [0.2, 0.25) is 0 Å². The minimum atomic E-state index is 0.432. The summed E-state index contributed by atoms with van der Waals surface area (Å²) in [5, 5.41) is 0. The molecule has 3 nitrogen and oxygen atoms in total. The number of aliphatic imine (C=N–C) groups is 2. The van der Waals surface area contributed by atoms with Gasteiger partial charge in [0.2, 0.25) is 0 Å². The van der Waals surface area contributed by atoms with Crippen LogP contribution in [0.1, 0.15) is 40.5 Å². The molecule has 1 atom stereocenters. The normalized spacial score (nSPS) is 23.7. The van der Waals surface area contributed by atoms with Crippen LogP contribution in [0, 0.1) is 5.92 Å². The molecule has 0 N–H and O–H groups in total. The molecular formula is C20H27N3. The largest absolute Gasteiger partial charge is 0.302 e. The van der Waals surface area contributed by atoms with Crippen molar-refractivity contribution in [2.45, 2.75) is 40.5 Å². The van der Waals surface area contributed by atoms with Crippen LogP contribution in [0.5, 0.6) is 0 Å². The molecule has 23 heavy (non-hydrogen) atoms. The first kappa shape index (κ1) is 17.2. The molecule has 0 aromatic carbocycles. The number of allylic oxidation sites excluding steroid dienone is 5. The summed E-state index contributed by atoms with van der Waals surface area (Å²) < 4.78 is 0. The summed E-state index contributed by atoms with van der Waals surface area (Å²) in [6, 6.07) is 0. The Morgan fingerprint density at radius 1 is 1.48 bits per heavy atom. The standard InChI is InChI=1S/C20H27N3/c1-6-18(10-7-15(2)3)13-22-20-17(5)9-8-16(4)19-14-21-11-12-23(19)20/h6-7,10-12,14,17H,2,8-9,13H2,1,3-5H3. The van der Waals surface area contributed by atoms with Crippen molar-refractivity contribution in [1.29, 1.82) is 0 Å². The van der Waals surface area contributed by atoms with Crippen molar-refractivity contribution in [1.82, 2.24) is 4.90 Å². The molecule has 122 valence electrons. The Labute approximate surface area is 140 Å². The van der Waals surface area contributed by atoms with Crippen LogP contribution in [0.4, 0.5) is 0 Å². The van der Waals surface area contributed by atoms with Crippen LogP contribution in [-0.2, 0) is 0 Å². The van der Waals surface area contributed by atoms with Crippen molar-refractivity contribution < 1.29 is 0 Å². The van der Waals surface area contributed by atoms with Crippen molar-refractivity contribution >= 4 is 12.1 Å². The van der Waals surface area contributed by atoms with Gasteiger partial charge in [-0.2, -0.15) is 0 Å². The lowest BCUT2D eigenvalue weighted by molar-refractivity contribution is 0.617. The fourth-order valence-corrected chi connectivity index (χ4v) is 2.70. The average Bonchev–Trinajstić information content (AvgIpc) is 2.66. The first-order valence-electron chi connectivity index (χ1n) is 8.25.